The zero-order valence-electron chi connectivity index (χ0n) is 18.5. The summed E-state index contributed by atoms with van der Waals surface area (Å²) in [5, 5.41) is 8.59. The summed E-state index contributed by atoms with van der Waals surface area (Å²) in [4.78, 5) is 19.9. The Hall–Kier alpha value is -3.38. The van der Waals surface area contributed by atoms with E-state index in [0.29, 0.717) is 11.6 Å². The van der Waals surface area contributed by atoms with Crippen LogP contribution >= 0.6 is 11.6 Å². The fourth-order valence-corrected chi connectivity index (χ4v) is 4.67. The van der Waals surface area contributed by atoms with Gasteiger partial charge in [-0.2, -0.15) is 5.10 Å². The average molecular weight is 460 g/mol. The molecule has 0 aliphatic carbocycles. The first-order chi connectivity index (χ1) is 16.1. The van der Waals surface area contributed by atoms with Gasteiger partial charge in [0, 0.05) is 36.1 Å². The van der Waals surface area contributed by atoms with Crippen LogP contribution in [-0.4, -0.2) is 33.6 Å². The second-order valence-corrected chi connectivity index (χ2v) is 8.98. The van der Waals surface area contributed by atoms with Crippen molar-refractivity contribution in [2.24, 2.45) is 5.92 Å². The molecule has 0 bridgehead atoms. The fraction of sp³-hybridized carbons (Fsp3) is 0.269. The van der Waals surface area contributed by atoms with Gasteiger partial charge in [-0.3, -0.25) is 4.79 Å². The molecule has 33 heavy (non-hydrogen) atoms. The molecule has 1 amide bonds. The highest BCUT2D eigenvalue weighted by atomic mass is 35.5. The molecule has 1 N–H and O–H groups in total. The molecule has 2 unspecified atom stereocenters. The van der Waals surface area contributed by atoms with Crippen molar-refractivity contribution in [1.29, 1.82) is 0 Å². The molecule has 168 valence electrons. The number of nitrogens with one attached hydrogen (secondary N) is 1. The third kappa shape index (κ3) is 4.57. The average Bonchev–Trinajstić information content (AvgIpc) is 3.29. The number of hydrogen-bond donors (Lipinski definition) is 1. The van der Waals surface area contributed by atoms with E-state index in [1.807, 2.05) is 78.3 Å². The van der Waals surface area contributed by atoms with E-state index in [4.69, 9.17) is 16.7 Å². The van der Waals surface area contributed by atoms with E-state index >= 15 is 0 Å². The number of halogens is 1. The molecule has 6 nitrogen and oxygen atoms in total. The number of amides is 1. The van der Waals surface area contributed by atoms with E-state index < -0.39 is 0 Å². The van der Waals surface area contributed by atoms with Crippen LogP contribution in [0.25, 0.3) is 16.8 Å². The van der Waals surface area contributed by atoms with Gasteiger partial charge in [-0.1, -0.05) is 54.1 Å². The summed E-state index contributed by atoms with van der Waals surface area (Å²) in [6.07, 6.45) is 5.43. The minimum atomic E-state index is -0.0812. The largest absolute Gasteiger partial charge is 0.354 e. The molecule has 0 spiro atoms. The number of fused-ring (bicyclic) bond motifs is 1. The van der Waals surface area contributed by atoms with Gasteiger partial charge in [0.25, 0.3) is 0 Å². The SMILES string of the molecule is CC(NC(=O)C1CCCN(c2nccn3nc(-c4cccc(Cl)c4)cc23)C1)c1ccccc1. The normalized spacial score (nSPS) is 17.2. The Morgan fingerprint density at radius 1 is 1.15 bits per heavy atom. The van der Waals surface area contributed by atoms with Gasteiger partial charge in [0.15, 0.2) is 5.82 Å². The van der Waals surface area contributed by atoms with Gasteiger partial charge >= 0.3 is 0 Å². The first-order valence-corrected chi connectivity index (χ1v) is 11.7. The van der Waals surface area contributed by atoms with Gasteiger partial charge in [0.05, 0.1) is 17.7 Å². The van der Waals surface area contributed by atoms with E-state index in [1.54, 1.807) is 6.20 Å². The van der Waals surface area contributed by atoms with Crippen LogP contribution in [0.5, 0.6) is 0 Å². The Balaban J connectivity index is 1.36. The molecule has 2 atom stereocenters. The van der Waals surface area contributed by atoms with Crippen LogP contribution in [0.15, 0.2) is 73.1 Å². The first-order valence-electron chi connectivity index (χ1n) is 11.3. The highest BCUT2D eigenvalue weighted by Crippen LogP contribution is 2.29. The topological polar surface area (TPSA) is 62.5 Å². The molecule has 4 aromatic rings. The Labute approximate surface area is 198 Å². The molecule has 1 aliphatic rings. The molecule has 1 aliphatic heterocycles. The maximum absolute atomic E-state index is 13.1. The Morgan fingerprint density at radius 3 is 2.82 bits per heavy atom. The van der Waals surface area contributed by atoms with Crippen molar-refractivity contribution in [3.8, 4) is 11.3 Å². The van der Waals surface area contributed by atoms with E-state index in [9.17, 15) is 4.79 Å². The van der Waals surface area contributed by atoms with Crippen molar-refractivity contribution in [1.82, 2.24) is 19.9 Å². The second-order valence-electron chi connectivity index (χ2n) is 8.55. The molecular formula is C26H26ClN5O. The summed E-state index contributed by atoms with van der Waals surface area (Å²) < 4.78 is 1.85. The Morgan fingerprint density at radius 2 is 2.00 bits per heavy atom. The lowest BCUT2D eigenvalue weighted by atomic mass is 9.96. The van der Waals surface area contributed by atoms with Crippen molar-refractivity contribution in [3.63, 3.8) is 0 Å². The summed E-state index contributed by atoms with van der Waals surface area (Å²) in [5.74, 6) is 0.866. The number of benzene rings is 2. The molecule has 7 heteroatoms. The summed E-state index contributed by atoms with van der Waals surface area (Å²) in [5.41, 5.74) is 3.83. The second kappa shape index (κ2) is 9.24. The van der Waals surface area contributed by atoms with Gasteiger partial charge in [-0.05, 0) is 43.5 Å². The summed E-state index contributed by atoms with van der Waals surface area (Å²) in [6.45, 7) is 3.53. The number of hydrogen-bond acceptors (Lipinski definition) is 4. The Bertz CT molecular complexity index is 1270. The van der Waals surface area contributed by atoms with Crippen LogP contribution in [0.2, 0.25) is 5.02 Å². The van der Waals surface area contributed by atoms with Crippen LogP contribution in [0, 0.1) is 5.92 Å². The summed E-state index contributed by atoms with van der Waals surface area (Å²) in [6, 6.07) is 19.8. The molecular weight excluding hydrogens is 434 g/mol. The lowest BCUT2D eigenvalue weighted by Gasteiger charge is -2.33. The highest BCUT2D eigenvalue weighted by Gasteiger charge is 2.28. The molecule has 2 aromatic carbocycles. The molecule has 1 fully saturated rings. The number of carbonyl (C=O) groups is 1. The standard InChI is InChI=1S/C26H26ClN5O/c1-18(19-7-3-2-4-8-19)29-26(33)21-10-6-13-31(17-21)25-24-16-23(30-32(24)14-12-28-25)20-9-5-11-22(27)15-20/h2-5,7-9,11-12,14-16,18,21H,6,10,13,17H2,1H3,(H,29,33). The van der Waals surface area contributed by atoms with Gasteiger partial charge < -0.3 is 10.2 Å². The maximum atomic E-state index is 13.1. The van der Waals surface area contributed by atoms with Crippen LogP contribution in [-0.2, 0) is 4.79 Å². The third-order valence-electron chi connectivity index (χ3n) is 6.24. The monoisotopic (exact) mass is 459 g/mol. The lowest BCUT2D eigenvalue weighted by Crippen LogP contribution is -2.44. The van der Waals surface area contributed by atoms with Crippen molar-refractivity contribution < 1.29 is 4.79 Å². The number of rotatable bonds is 5. The number of anilines is 1. The van der Waals surface area contributed by atoms with Crippen molar-refractivity contribution in [2.75, 3.05) is 18.0 Å². The van der Waals surface area contributed by atoms with Crippen LogP contribution < -0.4 is 10.2 Å². The minimum absolute atomic E-state index is 0.0225. The predicted octanol–water partition coefficient (Wildman–Crippen LogP) is 5.14. The summed E-state index contributed by atoms with van der Waals surface area (Å²) in [7, 11) is 0. The minimum Gasteiger partial charge on any atom is -0.354 e. The number of piperidine rings is 1. The molecule has 3 heterocycles. The number of nitrogens with zero attached hydrogens (tertiary/aromatic N) is 4. The zero-order chi connectivity index (χ0) is 22.8. The Kier molecular flexibility index (Phi) is 6.01. The molecule has 0 radical (unpaired) electrons. The van der Waals surface area contributed by atoms with E-state index in [-0.39, 0.29) is 17.9 Å². The number of carbonyl (C=O) groups excluding carboxylic acids is 1. The van der Waals surface area contributed by atoms with E-state index in [0.717, 1.165) is 47.5 Å². The maximum Gasteiger partial charge on any atom is 0.225 e. The number of aromatic nitrogens is 3. The third-order valence-corrected chi connectivity index (χ3v) is 6.48. The zero-order valence-corrected chi connectivity index (χ0v) is 19.2. The molecule has 0 saturated carbocycles. The van der Waals surface area contributed by atoms with Crippen molar-refractivity contribution >= 4 is 28.8 Å². The predicted molar refractivity (Wildman–Crippen MR) is 131 cm³/mol. The van der Waals surface area contributed by atoms with Gasteiger partial charge in [-0.25, -0.2) is 9.50 Å². The fourth-order valence-electron chi connectivity index (χ4n) is 4.48. The molecule has 2 aromatic heterocycles. The van der Waals surface area contributed by atoms with E-state index in [2.05, 4.69) is 15.2 Å². The van der Waals surface area contributed by atoms with Crippen molar-refractivity contribution in [2.45, 2.75) is 25.8 Å². The lowest BCUT2D eigenvalue weighted by molar-refractivity contribution is -0.125. The van der Waals surface area contributed by atoms with Crippen LogP contribution in [0.1, 0.15) is 31.4 Å². The molecule has 5 rings (SSSR count). The van der Waals surface area contributed by atoms with Gasteiger partial charge in [0.2, 0.25) is 5.91 Å². The summed E-state index contributed by atoms with van der Waals surface area (Å²) >= 11 is 6.17. The van der Waals surface area contributed by atoms with Crippen LogP contribution in [0.4, 0.5) is 5.82 Å². The van der Waals surface area contributed by atoms with Gasteiger partial charge in [0.1, 0.15) is 5.52 Å². The quantitative estimate of drug-likeness (QED) is 0.448. The van der Waals surface area contributed by atoms with Gasteiger partial charge in [-0.15, -0.1) is 0 Å². The molecule has 1 saturated heterocycles. The van der Waals surface area contributed by atoms with Crippen LogP contribution in [0.3, 0.4) is 0 Å². The van der Waals surface area contributed by atoms with Crippen molar-refractivity contribution in [3.05, 3.63) is 83.6 Å². The smallest absolute Gasteiger partial charge is 0.225 e. The highest BCUT2D eigenvalue weighted by molar-refractivity contribution is 6.30. The van der Waals surface area contributed by atoms with E-state index in [1.165, 1.54) is 0 Å². The first kappa shape index (κ1) is 21.5.